The molecule has 0 spiro atoms. The molecule has 0 aromatic carbocycles. The van der Waals surface area contributed by atoms with E-state index in [4.69, 9.17) is 0 Å². The number of aromatic amines is 1. The normalized spacial score (nSPS) is 18.9. The largest absolute Gasteiger partial charge is 0.328 e. The first-order valence-electron chi connectivity index (χ1n) is 7.24. The molecule has 1 aromatic rings. The highest BCUT2D eigenvalue weighted by atomic mass is 32.2. The molecular weight excluding hydrogens is 276 g/mol. The van der Waals surface area contributed by atoms with Gasteiger partial charge in [-0.25, -0.2) is 13.1 Å². The Kier molecular flexibility index (Phi) is 4.99. The zero-order valence-electron chi connectivity index (χ0n) is 11.8. The van der Waals surface area contributed by atoms with E-state index in [0.717, 1.165) is 19.3 Å². The highest BCUT2D eigenvalue weighted by molar-refractivity contribution is 7.89. The molecule has 0 radical (unpaired) electrons. The van der Waals surface area contributed by atoms with Crippen LogP contribution in [0.25, 0.3) is 0 Å². The zero-order valence-corrected chi connectivity index (χ0v) is 12.6. The number of H-pyrrole nitrogens is 1. The van der Waals surface area contributed by atoms with Crippen molar-refractivity contribution in [1.29, 1.82) is 0 Å². The Morgan fingerprint density at radius 3 is 2.55 bits per heavy atom. The fraction of sp³-hybridized carbons (Fsp3) is 0.643. The summed E-state index contributed by atoms with van der Waals surface area (Å²) in [4.78, 5) is 13.5. The average molecular weight is 298 g/mol. The van der Waals surface area contributed by atoms with Gasteiger partial charge in [-0.1, -0.05) is 26.2 Å². The van der Waals surface area contributed by atoms with Crippen LogP contribution in [0.1, 0.15) is 45.4 Å². The second-order valence-electron chi connectivity index (χ2n) is 5.42. The third-order valence-electron chi connectivity index (χ3n) is 4.03. The van der Waals surface area contributed by atoms with Crippen molar-refractivity contribution in [2.24, 2.45) is 5.92 Å². The predicted molar refractivity (Wildman–Crippen MR) is 78.0 cm³/mol. The van der Waals surface area contributed by atoms with Crippen LogP contribution in [-0.2, 0) is 10.0 Å². The molecule has 112 valence electrons. The van der Waals surface area contributed by atoms with Gasteiger partial charge < -0.3 is 4.98 Å². The van der Waals surface area contributed by atoms with Crippen molar-refractivity contribution in [2.75, 3.05) is 0 Å². The van der Waals surface area contributed by atoms with Gasteiger partial charge in [0.05, 0.1) is 4.90 Å². The minimum Gasteiger partial charge on any atom is -0.328 e. The molecule has 0 bridgehead atoms. The number of sulfonamides is 1. The van der Waals surface area contributed by atoms with Gasteiger partial charge in [-0.2, -0.15) is 0 Å². The molecule has 5 nitrogen and oxygen atoms in total. The van der Waals surface area contributed by atoms with E-state index < -0.39 is 10.0 Å². The van der Waals surface area contributed by atoms with Crippen LogP contribution in [0.4, 0.5) is 0 Å². The van der Waals surface area contributed by atoms with Crippen LogP contribution in [0.5, 0.6) is 0 Å². The Morgan fingerprint density at radius 1 is 1.30 bits per heavy atom. The van der Waals surface area contributed by atoms with Gasteiger partial charge in [0, 0.05) is 18.3 Å². The van der Waals surface area contributed by atoms with Crippen molar-refractivity contribution in [2.45, 2.75) is 56.4 Å². The summed E-state index contributed by atoms with van der Waals surface area (Å²) >= 11 is 0. The maximum absolute atomic E-state index is 12.3. The highest BCUT2D eigenvalue weighted by Gasteiger charge is 2.27. The lowest BCUT2D eigenvalue weighted by atomic mass is 9.83. The molecule has 1 atom stereocenters. The fourth-order valence-electron chi connectivity index (χ4n) is 2.88. The highest BCUT2D eigenvalue weighted by Crippen LogP contribution is 2.28. The third kappa shape index (κ3) is 3.70. The second-order valence-corrected chi connectivity index (χ2v) is 7.14. The minimum absolute atomic E-state index is 0.0211. The molecule has 1 heterocycles. The van der Waals surface area contributed by atoms with Gasteiger partial charge in [0.25, 0.3) is 0 Å². The zero-order chi connectivity index (χ0) is 14.6. The Morgan fingerprint density at radius 2 is 2.00 bits per heavy atom. The molecule has 2 N–H and O–H groups in total. The number of hydrogen-bond acceptors (Lipinski definition) is 3. The number of pyridine rings is 1. The predicted octanol–water partition coefficient (Wildman–Crippen LogP) is 2.01. The van der Waals surface area contributed by atoms with Crippen LogP contribution in [0, 0.1) is 5.92 Å². The molecule has 1 aliphatic carbocycles. The number of hydrogen-bond donors (Lipinski definition) is 2. The first kappa shape index (κ1) is 15.3. The van der Waals surface area contributed by atoms with E-state index in [1.165, 1.54) is 37.6 Å². The molecule has 0 saturated heterocycles. The van der Waals surface area contributed by atoms with E-state index in [-0.39, 0.29) is 16.5 Å². The Bertz CT molecular complexity index is 568. The lowest BCUT2D eigenvalue weighted by Gasteiger charge is -2.30. The van der Waals surface area contributed by atoms with Crippen molar-refractivity contribution >= 4 is 10.0 Å². The van der Waals surface area contributed by atoms with E-state index in [1.807, 2.05) is 6.92 Å². The summed E-state index contributed by atoms with van der Waals surface area (Å²) in [5, 5.41) is 0. The first-order chi connectivity index (χ1) is 9.53. The van der Waals surface area contributed by atoms with E-state index in [2.05, 4.69) is 9.71 Å². The van der Waals surface area contributed by atoms with Crippen molar-refractivity contribution in [3.05, 3.63) is 28.7 Å². The van der Waals surface area contributed by atoms with Crippen molar-refractivity contribution in [3.8, 4) is 0 Å². The summed E-state index contributed by atoms with van der Waals surface area (Å²) in [6.07, 6.45) is 7.83. The molecule has 1 fully saturated rings. The molecule has 0 amide bonds. The Balaban J connectivity index is 2.12. The molecule has 1 aromatic heterocycles. The van der Waals surface area contributed by atoms with Crippen LogP contribution in [0.2, 0.25) is 0 Å². The van der Waals surface area contributed by atoms with Gasteiger partial charge in [0.15, 0.2) is 0 Å². The van der Waals surface area contributed by atoms with Crippen LogP contribution in [0.3, 0.4) is 0 Å². The molecule has 2 rings (SSSR count). The third-order valence-corrected chi connectivity index (χ3v) is 5.52. The van der Waals surface area contributed by atoms with Gasteiger partial charge in [0.1, 0.15) is 0 Å². The quantitative estimate of drug-likeness (QED) is 0.872. The number of aromatic nitrogens is 1. The van der Waals surface area contributed by atoms with E-state index in [1.54, 1.807) is 0 Å². The molecule has 6 heteroatoms. The summed E-state index contributed by atoms with van der Waals surface area (Å²) in [6.45, 7) is 2.01. The van der Waals surface area contributed by atoms with Crippen molar-refractivity contribution in [1.82, 2.24) is 9.71 Å². The molecule has 1 unspecified atom stereocenters. The molecule has 0 aliphatic heterocycles. The van der Waals surface area contributed by atoms with Crippen LogP contribution >= 0.6 is 0 Å². The second kappa shape index (κ2) is 6.54. The minimum atomic E-state index is -3.56. The molecular formula is C14H22N2O3S. The Hall–Kier alpha value is -1.14. The van der Waals surface area contributed by atoms with Crippen molar-refractivity contribution < 1.29 is 8.42 Å². The summed E-state index contributed by atoms with van der Waals surface area (Å²) in [6, 6.07) is 2.55. The monoisotopic (exact) mass is 298 g/mol. The smallest absolute Gasteiger partial charge is 0.247 e. The van der Waals surface area contributed by atoms with Gasteiger partial charge in [-0.3, -0.25) is 4.79 Å². The van der Waals surface area contributed by atoms with Crippen LogP contribution in [-0.4, -0.2) is 19.4 Å². The average Bonchev–Trinajstić information content (AvgIpc) is 2.46. The lowest BCUT2D eigenvalue weighted by molar-refractivity contribution is 0.285. The molecule has 20 heavy (non-hydrogen) atoms. The van der Waals surface area contributed by atoms with E-state index in [0.29, 0.717) is 5.92 Å². The van der Waals surface area contributed by atoms with Crippen molar-refractivity contribution in [3.63, 3.8) is 0 Å². The Labute approximate surface area is 119 Å². The van der Waals surface area contributed by atoms with Gasteiger partial charge in [-0.15, -0.1) is 0 Å². The van der Waals surface area contributed by atoms with Crippen LogP contribution < -0.4 is 10.3 Å². The maximum Gasteiger partial charge on any atom is 0.247 e. The van der Waals surface area contributed by atoms with E-state index in [9.17, 15) is 13.2 Å². The standard InChI is InChI=1S/C14H22N2O3S/c1-2-13(11-6-4-3-5-7-11)16-20(18,19)12-8-9-14(17)15-10-12/h8-11,13,16H,2-7H2,1H3,(H,15,17). The fourth-order valence-corrected chi connectivity index (χ4v) is 4.24. The summed E-state index contributed by atoms with van der Waals surface area (Å²) < 4.78 is 27.4. The number of rotatable bonds is 5. The lowest BCUT2D eigenvalue weighted by Crippen LogP contribution is -2.40. The SMILES string of the molecule is CCC(NS(=O)(=O)c1ccc(=O)[nH]c1)C1CCCCC1. The summed E-state index contributed by atoms with van der Waals surface area (Å²) in [5.74, 6) is 0.422. The first-order valence-corrected chi connectivity index (χ1v) is 8.72. The molecule has 1 saturated carbocycles. The van der Waals surface area contributed by atoms with Gasteiger partial charge in [-0.05, 0) is 31.2 Å². The van der Waals surface area contributed by atoms with Crippen LogP contribution in [0.15, 0.2) is 28.0 Å². The number of nitrogens with one attached hydrogen (secondary N) is 2. The molecule has 1 aliphatic rings. The summed E-state index contributed by atoms with van der Waals surface area (Å²) in [5.41, 5.74) is -0.303. The van der Waals surface area contributed by atoms with E-state index >= 15 is 0 Å². The summed E-state index contributed by atoms with van der Waals surface area (Å²) in [7, 11) is -3.56. The van der Waals surface area contributed by atoms with Gasteiger partial charge >= 0.3 is 0 Å². The topological polar surface area (TPSA) is 79.0 Å². The maximum atomic E-state index is 12.3. The van der Waals surface area contributed by atoms with Gasteiger partial charge in [0.2, 0.25) is 15.6 Å².